The molecule has 0 bridgehead atoms. The Morgan fingerprint density at radius 3 is 2.48 bits per heavy atom. The number of hydrogen-bond donors (Lipinski definition) is 0. The highest BCUT2D eigenvalue weighted by atomic mass is 16.5. The standard InChI is InChI=1S/C20H25N5O4/c1-27-15-9-14-17(19(29-3)18(15)28-2)21-11-24(20(14)26)10-16-23-22-12-25(16)13-7-5-4-6-8-13/h9,11-13H,4-8,10H2,1-3H3. The van der Waals surface area contributed by atoms with E-state index in [1.807, 2.05) is 0 Å². The van der Waals surface area contributed by atoms with Gasteiger partial charge in [0, 0.05) is 6.04 Å². The van der Waals surface area contributed by atoms with Crippen molar-refractivity contribution in [1.82, 2.24) is 24.3 Å². The van der Waals surface area contributed by atoms with Gasteiger partial charge >= 0.3 is 0 Å². The molecule has 0 amide bonds. The Bertz CT molecular complexity index is 1070. The monoisotopic (exact) mass is 399 g/mol. The van der Waals surface area contributed by atoms with E-state index in [4.69, 9.17) is 14.2 Å². The molecule has 0 N–H and O–H groups in total. The normalized spacial score (nSPS) is 14.9. The number of fused-ring (bicyclic) bond motifs is 1. The SMILES string of the molecule is COc1cc2c(=O)n(Cc3nncn3C3CCCCC3)cnc2c(OC)c1OC. The lowest BCUT2D eigenvalue weighted by Gasteiger charge is -2.24. The lowest BCUT2D eigenvalue weighted by atomic mass is 9.95. The number of aromatic nitrogens is 5. The maximum atomic E-state index is 13.2. The summed E-state index contributed by atoms with van der Waals surface area (Å²) in [6, 6.07) is 2.02. The van der Waals surface area contributed by atoms with Crippen molar-refractivity contribution in [2.75, 3.05) is 21.3 Å². The maximum Gasteiger partial charge on any atom is 0.261 e. The van der Waals surface area contributed by atoms with Crippen LogP contribution in [-0.4, -0.2) is 45.6 Å². The molecule has 0 saturated heterocycles. The summed E-state index contributed by atoms with van der Waals surface area (Å²) in [5.74, 6) is 1.95. The van der Waals surface area contributed by atoms with Gasteiger partial charge in [-0.15, -0.1) is 10.2 Å². The summed E-state index contributed by atoms with van der Waals surface area (Å²) in [4.78, 5) is 17.7. The maximum absolute atomic E-state index is 13.2. The first-order valence-corrected chi connectivity index (χ1v) is 9.74. The van der Waals surface area contributed by atoms with Crippen LogP contribution in [0.4, 0.5) is 0 Å². The minimum absolute atomic E-state index is 0.201. The molecule has 1 aromatic carbocycles. The minimum atomic E-state index is -0.201. The van der Waals surface area contributed by atoms with E-state index in [2.05, 4.69) is 19.7 Å². The molecule has 0 aliphatic heterocycles. The van der Waals surface area contributed by atoms with Crippen molar-refractivity contribution in [2.24, 2.45) is 0 Å². The smallest absolute Gasteiger partial charge is 0.261 e. The third-order valence-corrected chi connectivity index (χ3v) is 5.55. The zero-order valence-electron chi connectivity index (χ0n) is 16.9. The molecule has 0 unspecified atom stereocenters. The molecule has 4 rings (SSSR count). The molecular formula is C20H25N5O4. The van der Waals surface area contributed by atoms with Crippen LogP contribution in [0.1, 0.15) is 44.0 Å². The molecule has 9 heteroatoms. The van der Waals surface area contributed by atoms with Gasteiger partial charge in [-0.05, 0) is 18.9 Å². The van der Waals surface area contributed by atoms with E-state index in [1.54, 1.807) is 12.4 Å². The third kappa shape index (κ3) is 3.41. The number of rotatable bonds is 6. The van der Waals surface area contributed by atoms with Crippen LogP contribution < -0.4 is 19.8 Å². The molecule has 9 nitrogen and oxygen atoms in total. The molecule has 2 aromatic heterocycles. The van der Waals surface area contributed by atoms with Crippen molar-refractivity contribution in [3.63, 3.8) is 0 Å². The number of benzene rings is 1. The first-order valence-electron chi connectivity index (χ1n) is 9.74. The van der Waals surface area contributed by atoms with Crippen molar-refractivity contribution in [3.8, 4) is 17.2 Å². The second-order valence-corrected chi connectivity index (χ2v) is 7.17. The highest BCUT2D eigenvalue weighted by molar-refractivity contribution is 5.89. The second kappa shape index (κ2) is 8.10. The summed E-state index contributed by atoms with van der Waals surface area (Å²) >= 11 is 0. The van der Waals surface area contributed by atoms with Gasteiger partial charge in [0.2, 0.25) is 5.75 Å². The Kier molecular flexibility index (Phi) is 5.37. The van der Waals surface area contributed by atoms with E-state index in [0.717, 1.165) is 18.7 Å². The highest BCUT2D eigenvalue weighted by Crippen LogP contribution is 2.41. The predicted molar refractivity (Wildman–Crippen MR) is 107 cm³/mol. The molecule has 154 valence electrons. The van der Waals surface area contributed by atoms with Crippen molar-refractivity contribution in [3.05, 3.63) is 34.9 Å². The fraction of sp³-hybridized carbons (Fsp3) is 0.500. The van der Waals surface area contributed by atoms with Crippen molar-refractivity contribution in [2.45, 2.75) is 44.7 Å². The van der Waals surface area contributed by atoms with Crippen LogP contribution >= 0.6 is 0 Å². The average Bonchev–Trinajstić information content (AvgIpc) is 3.23. The van der Waals surface area contributed by atoms with E-state index in [1.165, 1.54) is 51.5 Å². The molecular weight excluding hydrogens is 374 g/mol. The molecule has 0 atom stereocenters. The fourth-order valence-electron chi connectivity index (χ4n) is 4.08. The molecule has 0 radical (unpaired) electrons. The van der Waals surface area contributed by atoms with Crippen LogP contribution in [0.2, 0.25) is 0 Å². The van der Waals surface area contributed by atoms with E-state index < -0.39 is 0 Å². The second-order valence-electron chi connectivity index (χ2n) is 7.17. The van der Waals surface area contributed by atoms with Gasteiger partial charge in [0.25, 0.3) is 5.56 Å². The first kappa shape index (κ1) is 19.2. The summed E-state index contributed by atoms with van der Waals surface area (Å²) in [6.45, 7) is 0.301. The molecule has 29 heavy (non-hydrogen) atoms. The lowest BCUT2D eigenvalue weighted by Crippen LogP contribution is -2.24. The van der Waals surface area contributed by atoms with Gasteiger partial charge in [-0.1, -0.05) is 19.3 Å². The van der Waals surface area contributed by atoms with Gasteiger partial charge in [0.05, 0.1) is 39.6 Å². The summed E-state index contributed by atoms with van der Waals surface area (Å²) < 4.78 is 19.9. The van der Waals surface area contributed by atoms with E-state index in [0.29, 0.717) is 40.7 Å². The summed E-state index contributed by atoms with van der Waals surface area (Å²) in [6.07, 6.45) is 9.20. The Labute approximate surface area is 168 Å². The van der Waals surface area contributed by atoms with Crippen molar-refractivity contribution < 1.29 is 14.2 Å². The quantitative estimate of drug-likeness (QED) is 0.629. The van der Waals surface area contributed by atoms with Crippen LogP contribution in [0, 0.1) is 0 Å². The molecule has 1 aliphatic rings. The summed E-state index contributed by atoms with van der Waals surface area (Å²) in [7, 11) is 4.55. The fourth-order valence-corrected chi connectivity index (χ4v) is 4.08. The van der Waals surface area contributed by atoms with E-state index >= 15 is 0 Å². The average molecular weight is 399 g/mol. The van der Waals surface area contributed by atoms with Crippen molar-refractivity contribution >= 4 is 10.9 Å². The number of ether oxygens (including phenoxy) is 3. The Morgan fingerprint density at radius 2 is 1.79 bits per heavy atom. The van der Waals surface area contributed by atoms with Gasteiger partial charge in [-0.25, -0.2) is 4.98 Å². The molecule has 1 saturated carbocycles. The number of nitrogens with zero attached hydrogens (tertiary/aromatic N) is 5. The van der Waals surface area contributed by atoms with Gasteiger partial charge in [0.15, 0.2) is 17.3 Å². The molecule has 3 aromatic rings. The van der Waals surface area contributed by atoms with Crippen LogP contribution in [-0.2, 0) is 6.54 Å². The van der Waals surface area contributed by atoms with Gasteiger partial charge < -0.3 is 18.8 Å². The number of methoxy groups -OCH3 is 3. The van der Waals surface area contributed by atoms with Crippen LogP contribution in [0.3, 0.4) is 0 Å². The van der Waals surface area contributed by atoms with Crippen LogP contribution in [0.15, 0.2) is 23.5 Å². The zero-order valence-corrected chi connectivity index (χ0v) is 16.9. The van der Waals surface area contributed by atoms with Crippen LogP contribution in [0.5, 0.6) is 17.2 Å². The van der Waals surface area contributed by atoms with Gasteiger partial charge in [0.1, 0.15) is 11.8 Å². The van der Waals surface area contributed by atoms with E-state index in [9.17, 15) is 4.79 Å². The largest absolute Gasteiger partial charge is 0.493 e. The number of hydrogen-bond acceptors (Lipinski definition) is 7. The van der Waals surface area contributed by atoms with Crippen molar-refractivity contribution in [1.29, 1.82) is 0 Å². The lowest BCUT2D eigenvalue weighted by molar-refractivity contribution is 0.326. The van der Waals surface area contributed by atoms with E-state index in [-0.39, 0.29) is 5.56 Å². The topological polar surface area (TPSA) is 93.3 Å². The Hall–Kier alpha value is -3.10. The highest BCUT2D eigenvalue weighted by Gasteiger charge is 2.22. The molecule has 2 heterocycles. The minimum Gasteiger partial charge on any atom is -0.493 e. The van der Waals surface area contributed by atoms with Gasteiger partial charge in [-0.2, -0.15) is 0 Å². The molecule has 1 aliphatic carbocycles. The van der Waals surface area contributed by atoms with Gasteiger partial charge in [-0.3, -0.25) is 9.36 Å². The Balaban J connectivity index is 1.76. The third-order valence-electron chi connectivity index (χ3n) is 5.55. The molecule has 0 spiro atoms. The zero-order chi connectivity index (χ0) is 20.4. The first-order chi connectivity index (χ1) is 14.2. The Morgan fingerprint density at radius 1 is 1.03 bits per heavy atom. The van der Waals surface area contributed by atoms with Crippen LogP contribution in [0.25, 0.3) is 10.9 Å². The summed E-state index contributed by atoms with van der Waals surface area (Å²) in [5.41, 5.74) is 0.229. The molecule has 1 fully saturated rings. The summed E-state index contributed by atoms with van der Waals surface area (Å²) in [5, 5.41) is 8.74. The predicted octanol–water partition coefficient (Wildman–Crippen LogP) is 2.57.